The van der Waals surface area contributed by atoms with Gasteiger partial charge < -0.3 is 10.7 Å². The first-order chi connectivity index (χ1) is 3.81. The number of allylic oxidation sites excluding steroid dienone is 2. The van der Waals surface area contributed by atoms with Gasteiger partial charge in [-0.25, -0.2) is 0 Å². The highest BCUT2D eigenvalue weighted by Gasteiger charge is 1.69. The molecule has 0 aromatic rings. The molecule has 2 nitrogen and oxygen atoms in total. The molecule has 0 aliphatic rings. The van der Waals surface area contributed by atoms with Crippen molar-refractivity contribution in [1.29, 1.82) is 5.41 Å². The Morgan fingerprint density at radius 3 is 2.00 bits per heavy atom. The fraction of sp³-hybridized carbons (Fsp3) is 0.500. The van der Waals surface area contributed by atoms with Crippen molar-refractivity contribution in [2.75, 3.05) is 7.05 Å². The normalized spacial score (nSPS) is 9.12. The summed E-state index contributed by atoms with van der Waals surface area (Å²) in [7, 11) is 1.91. The smallest absolute Gasteiger partial charge is 0.00300 e. The second kappa shape index (κ2) is 9.51. The average molecular weight is 114 g/mol. The standard InChI is InChI=1S/C5H11N.CH3N/c1-4-5(2)6-3;1-2/h4,6H,1-3H3;2H,1H2/b5-4-;. The van der Waals surface area contributed by atoms with Crippen molar-refractivity contribution in [3.8, 4) is 0 Å². The van der Waals surface area contributed by atoms with E-state index < -0.39 is 0 Å². The second-order valence-electron chi connectivity index (χ2n) is 1.22. The molecule has 0 fully saturated rings. The van der Waals surface area contributed by atoms with Gasteiger partial charge in [-0.15, -0.1) is 0 Å². The summed E-state index contributed by atoms with van der Waals surface area (Å²) in [5, 5.41) is 8.48. The van der Waals surface area contributed by atoms with Gasteiger partial charge >= 0.3 is 0 Å². The third-order valence-corrected chi connectivity index (χ3v) is 0.827. The highest BCUT2D eigenvalue weighted by molar-refractivity contribution is 5.15. The third kappa shape index (κ3) is 8.96. The van der Waals surface area contributed by atoms with E-state index in [-0.39, 0.29) is 0 Å². The Morgan fingerprint density at radius 1 is 1.62 bits per heavy atom. The molecule has 0 saturated carbocycles. The molecular formula is C6H14N2. The first-order valence-electron chi connectivity index (χ1n) is 2.47. The van der Waals surface area contributed by atoms with Crippen molar-refractivity contribution in [3.63, 3.8) is 0 Å². The Hall–Kier alpha value is -0.790. The SMILES string of the molecule is C/C=C(/C)NC.C=N. The Morgan fingerprint density at radius 2 is 2.00 bits per heavy atom. The molecule has 2 heteroatoms. The van der Waals surface area contributed by atoms with Crippen LogP contribution in [-0.4, -0.2) is 13.8 Å². The summed E-state index contributed by atoms with van der Waals surface area (Å²) >= 11 is 0. The van der Waals surface area contributed by atoms with Gasteiger partial charge in [0.15, 0.2) is 0 Å². The van der Waals surface area contributed by atoms with Crippen molar-refractivity contribution in [2.45, 2.75) is 13.8 Å². The van der Waals surface area contributed by atoms with Crippen molar-refractivity contribution in [3.05, 3.63) is 11.8 Å². The predicted molar refractivity (Wildman–Crippen MR) is 38.3 cm³/mol. The van der Waals surface area contributed by atoms with Crippen molar-refractivity contribution in [2.24, 2.45) is 0 Å². The van der Waals surface area contributed by atoms with Crippen LogP contribution in [0.2, 0.25) is 0 Å². The molecule has 0 aromatic carbocycles. The van der Waals surface area contributed by atoms with Gasteiger partial charge in [-0.05, 0) is 20.6 Å². The van der Waals surface area contributed by atoms with Gasteiger partial charge in [0, 0.05) is 12.7 Å². The van der Waals surface area contributed by atoms with Crippen LogP contribution in [0.4, 0.5) is 0 Å². The second-order valence-corrected chi connectivity index (χ2v) is 1.22. The van der Waals surface area contributed by atoms with Gasteiger partial charge in [0.05, 0.1) is 0 Å². The van der Waals surface area contributed by atoms with Crippen LogP contribution >= 0.6 is 0 Å². The van der Waals surface area contributed by atoms with E-state index in [0.29, 0.717) is 0 Å². The Balaban J connectivity index is 0. The molecule has 0 aliphatic carbocycles. The lowest BCUT2D eigenvalue weighted by atomic mass is 10.5. The fourth-order valence-corrected chi connectivity index (χ4v) is 0.144. The van der Waals surface area contributed by atoms with E-state index in [0.717, 1.165) is 0 Å². The summed E-state index contributed by atoms with van der Waals surface area (Å²) in [6.45, 7) is 6.53. The molecule has 0 aliphatic heterocycles. The van der Waals surface area contributed by atoms with Crippen LogP contribution < -0.4 is 5.32 Å². The largest absolute Gasteiger partial charge is 0.392 e. The van der Waals surface area contributed by atoms with E-state index in [2.05, 4.69) is 12.0 Å². The zero-order valence-electron chi connectivity index (χ0n) is 5.78. The average Bonchev–Trinajstić information content (AvgIpc) is 1.91. The van der Waals surface area contributed by atoms with Crippen LogP contribution in [0, 0.1) is 5.41 Å². The molecule has 0 saturated heterocycles. The van der Waals surface area contributed by atoms with Gasteiger partial charge in [0.25, 0.3) is 0 Å². The topological polar surface area (TPSA) is 35.9 Å². The third-order valence-electron chi connectivity index (χ3n) is 0.827. The summed E-state index contributed by atoms with van der Waals surface area (Å²) in [4.78, 5) is 0. The molecular weight excluding hydrogens is 100 g/mol. The van der Waals surface area contributed by atoms with Crippen LogP contribution in [0.15, 0.2) is 11.8 Å². The summed E-state index contributed by atoms with van der Waals surface area (Å²) in [5.41, 5.74) is 1.22. The van der Waals surface area contributed by atoms with E-state index >= 15 is 0 Å². The van der Waals surface area contributed by atoms with Gasteiger partial charge in [0.1, 0.15) is 0 Å². The number of hydrogen-bond acceptors (Lipinski definition) is 2. The fourth-order valence-electron chi connectivity index (χ4n) is 0.144. The highest BCUT2D eigenvalue weighted by Crippen LogP contribution is 1.78. The molecule has 0 bridgehead atoms. The van der Waals surface area contributed by atoms with Crippen molar-refractivity contribution >= 4 is 6.72 Å². The maximum absolute atomic E-state index is 5.50. The molecule has 2 N–H and O–H groups in total. The van der Waals surface area contributed by atoms with Crippen LogP contribution in [0.3, 0.4) is 0 Å². The van der Waals surface area contributed by atoms with E-state index in [1.807, 2.05) is 27.0 Å². The summed E-state index contributed by atoms with van der Waals surface area (Å²) in [6.07, 6.45) is 2.03. The van der Waals surface area contributed by atoms with E-state index in [1.54, 1.807) is 0 Å². The van der Waals surface area contributed by atoms with Crippen LogP contribution in [0.1, 0.15) is 13.8 Å². The minimum atomic E-state index is 1.22. The lowest BCUT2D eigenvalue weighted by Crippen LogP contribution is -1.99. The monoisotopic (exact) mass is 114 g/mol. The highest BCUT2D eigenvalue weighted by atomic mass is 14.8. The summed E-state index contributed by atoms with van der Waals surface area (Å²) < 4.78 is 0. The predicted octanol–water partition coefficient (Wildman–Crippen LogP) is 1.40. The number of rotatable bonds is 1. The quantitative estimate of drug-likeness (QED) is 0.496. The molecule has 48 valence electrons. The Kier molecular flexibility index (Phi) is 12.2. The van der Waals surface area contributed by atoms with Gasteiger partial charge in [0.2, 0.25) is 0 Å². The first-order valence-corrected chi connectivity index (χ1v) is 2.47. The molecule has 8 heavy (non-hydrogen) atoms. The van der Waals surface area contributed by atoms with E-state index in [9.17, 15) is 0 Å². The van der Waals surface area contributed by atoms with Gasteiger partial charge in [-0.1, -0.05) is 6.08 Å². The molecule has 0 radical (unpaired) electrons. The maximum atomic E-state index is 5.50. The lowest BCUT2D eigenvalue weighted by molar-refractivity contribution is 0.985. The first kappa shape index (κ1) is 10.2. The Labute approximate surface area is 51.1 Å². The Bertz CT molecular complexity index is 66.9. The van der Waals surface area contributed by atoms with E-state index in [1.165, 1.54) is 5.70 Å². The van der Waals surface area contributed by atoms with Crippen LogP contribution in [0.5, 0.6) is 0 Å². The molecule has 0 unspecified atom stereocenters. The maximum Gasteiger partial charge on any atom is 0.00300 e. The molecule has 0 spiro atoms. The van der Waals surface area contributed by atoms with Crippen LogP contribution in [-0.2, 0) is 0 Å². The van der Waals surface area contributed by atoms with Gasteiger partial charge in [-0.3, -0.25) is 0 Å². The summed E-state index contributed by atoms with van der Waals surface area (Å²) in [6, 6.07) is 0. The number of nitrogens with one attached hydrogen (secondary N) is 2. The molecule has 0 amide bonds. The molecule has 0 aromatic heterocycles. The zero-order valence-corrected chi connectivity index (χ0v) is 5.78. The molecule has 0 rings (SSSR count). The number of hydrogen-bond donors (Lipinski definition) is 2. The van der Waals surface area contributed by atoms with Crippen molar-refractivity contribution in [1.82, 2.24) is 5.32 Å². The van der Waals surface area contributed by atoms with Crippen molar-refractivity contribution < 1.29 is 0 Å². The minimum Gasteiger partial charge on any atom is -0.392 e. The summed E-state index contributed by atoms with van der Waals surface area (Å²) in [5.74, 6) is 0. The molecule has 0 heterocycles. The van der Waals surface area contributed by atoms with Crippen LogP contribution in [0.25, 0.3) is 0 Å². The molecule has 0 atom stereocenters. The van der Waals surface area contributed by atoms with Gasteiger partial charge in [-0.2, -0.15) is 0 Å². The zero-order chi connectivity index (χ0) is 6.99. The van der Waals surface area contributed by atoms with E-state index in [4.69, 9.17) is 5.41 Å². The lowest BCUT2D eigenvalue weighted by Gasteiger charge is -1.91. The minimum absolute atomic E-state index is 1.22.